The molecule has 0 bridgehead atoms. The highest BCUT2D eigenvalue weighted by atomic mass is 35.5. The summed E-state index contributed by atoms with van der Waals surface area (Å²) in [7, 11) is 3.68. The van der Waals surface area contributed by atoms with E-state index >= 15 is 0 Å². The van der Waals surface area contributed by atoms with E-state index in [1.807, 2.05) is 10.7 Å². The molecule has 1 fully saturated rings. The van der Waals surface area contributed by atoms with E-state index < -0.39 is 0 Å². The molecule has 2 aromatic rings. The maximum atomic E-state index is 13.2. The third kappa shape index (κ3) is 4.32. The van der Waals surface area contributed by atoms with Crippen molar-refractivity contribution in [3.8, 4) is 0 Å². The predicted molar refractivity (Wildman–Crippen MR) is 110 cm³/mol. The molecule has 0 saturated carbocycles. The van der Waals surface area contributed by atoms with E-state index in [0.717, 1.165) is 25.3 Å². The number of likely N-dealkylation sites (tertiary alicyclic amines) is 1. The average molecular weight is 438 g/mol. The summed E-state index contributed by atoms with van der Waals surface area (Å²) in [6.07, 6.45) is 0.640. The van der Waals surface area contributed by atoms with Crippen molar-refractivity contribution < 1.29 is 14.3 Å². The maximum absolute atomic E-state index is 13.2. The number of carbonyl (C=O) groups is 2. The molecule has 1 saturated heterocycles. The number of likely N-dealkylation sites (N-methyl/N-ethyl adjacent to an activating group) is 1. The van der Waals surface area contributed by atoms with E-state index in [0.29, 0.717) is 34.5 Å². The number of thiophene rings is 1. The Labute approximate surface area is 178 Å². The largest absolute Gasteiger partial charge is 0.383 e. The van der Waals surface area contributed by atoms with Crippen LogP contribution in [0.1, 0.15) is 32.3 Å². The van der Waals surface area contributed by atoms with Crippen molar-refractivity contribution in [2.75, 3.05) is 33.9 Å². The van der Waals surface area contributed by atoms with Gasteiger partial charge in [-0.05, 0) is 31.7 Å². The summed E-state index contributed by atoms with van der Waals surface area (Å²) >= 11 is 7.17. The van der Waals surface area contributed by atoms with Crippen molar-refractivity contribution in [2.24, 2.45) is 0 Å². The van der Waals surface area contributed by atoms with Crippen molar-refractivity contribution >= 4 is 34.8 Å². The second-order valence-electron chi connectivity index (χ2n) is 7.56. The fourth-order valence-electron chi connectivity index (χ4n) is 3.96. The Morgan fingerprint density at radius 1 is 1.38 bits per heavy atom. The molecule has 4 heterocycles. The molecule has 0 aliphatic carbocycles. The second kappa shape index (κ2) is 8.43. The Hall–Kier alpha value is -1.94. The van der Waals surface area contributed by atoms with Gasteiger partial charge in [0.05, 0.1) is 34.1 Å². The van der Waals surface area contributed by atoms with Crippen LogP contribution < -0.4 is 5.32 Å². The molecular weight excluding hydrogens is 414 g/mol. The van der Waals surface area contributed by atoms with Gasteiger partial charge in [-0.15, -0.1) is 11.3 Å². The molecule has 0 spiro atoms. The van der Waals surface area contributed by atoms with Gasteiger partial charge in [0.25, 0.3) is 11.8 Å². The number of rotatable bonds is 5. The van der Waals surface area contributed by atoms with Crippen LogP contribution >= 0.6 is 22.9 Å². The van der Waals surface area contributed by atoms with Crippen molar-refractivity contribution in [1.82, 2.24) is 24.9 Å². The van der Waals surface area contributed by atoms with E-state index in [-0.39, 0.29) is 23.9 Å². The van der Waals surface area contributed by atoms with Gasteiger partial charge in [-0.2, -0.15) is 5.10 Å². The Morgan fingerprint density at radius 3 is 2.93 bits per heavy atom. The van der Waals surface area contributed by atoms with Crippen LogP contribution in [-0.2, 0) is 17.8 Å². The lowest BCUT2D eigenvalue weighted by Crippen LogP contribution is -2.40. The third-order valence-corrected chi connectivity index (χ3v) is 6.60. The molecule has 1 N–H and O–H groups in total. The van der Waals surface area contributed by atoms with Crippen LogP contribution in [0, 0.1) is 0 Å². The lowest BCUT2D eigenvalue weighted by atomic mass is 10.1. The predicted octanol–water partition coefficient (Wildman–Crippen LogP) is 1.70. The number of nitrogens with one attached hydrogen (secondary N) is 1. The number of methoxy groups -OCH3 is 1. The molecule has 156 valence electrons. The Bertz CT molecular complexity index is 914. The smallest absolute Gasteiger partial charge is 0.274 e. The lowest BCUT2D eigenvalue weighted by molar-refractivity contribution is 0.0622. The molecular formula is C19H24ClN5O3S. The zero-order chi connectivity index (χ0) is 20.5. The third-order valence-electron chi connectivity index (χ3n) is 5.37. The Morgan fingerprint density at radius 2 is 2.21 bits per heavy atom. The summed E-state index contributed by atoms with van der Waals surface area (Å²) in [5.41, 5.74) is 1.50. The first-order valence-electron chi connectivity index (χ1n) is 9.56. The summed E-state index contributed by atoms with van der Waals surface area (Å²) in [6.45, 7) is 3.32. The highest BCUT2D eigenvalue weighted by Gasteiger charge is 2.37. The summed E-state index contributed by atoms with van der Waals surface area (Å²) in [4.78, 5) is 30.2. The number of halogens is 1. The van der Waals surface area contributed by atoms with Gasteiger partial charge < -0.3 is 15.0 Å². The van der Waals surface area contributed by atoms with Crippen LogP contribution in [0.15, 0.2) is 18.2 Å². The molecule has 2 aliphatic heterocycles. The quantitative estimate of drug-likeness (QED) is 0.770. The summed E-state index contributed by atoms with van der Waals surface area (Å²) < 4.78 is 7.81. The average Bonchev–Trinajstić information content (AvgIpc) is 3.39. The van der Waals surface area contributed by atoms with E-state index in [2.05, 4.69) is 22.4 Å². The second-order valence-corrected chi connectivity index (χ2v) is 9.27. The highest BCUT2D eigenvalue weighted by molar-refractivity contribution is 7.18. The Balaban J connectivity index is 1.47. The minimum atomic E-state index is -0.169. The zero-order valence-corrected chi connectivity index (χ0v) is 18.0. The number of amides is 2. The van der Waals surface area contributed by atoms with Crippen LogP contribution in [0.2, 0.25) is 4.34 Å². The van der Waals surface area contributed by atoms with Crippen LogP contribution in [0.3, 0.4) is 0 Å². The fraction of sp³-hybridized carbons (Fsp3) is 0.526. The SMILES string of the molecule is COCC1CC(NC(=O)c2ccc(Cl)s2)CN1C(=O)c1cc2n(n1)CCN(C)C2. The number of nitrogens with zero attached hydrogens (tertiary/aromatic N) is 4. The van der Waals surface area contributed by atoms with E-state index in [1.54, 1.807) is 24.1 Å². The van der Waals surface area contributed by atoms with Gasteiger partial charge in [-0.1, -0.05) is 11.6 Å². The van der Waals surface area contributed by atoms with Crippen molar-refractivity contribution in [1.29, 1.82) is 0 Å². The molecule has 0 aromatic carbocycles. The topological polar surface area (TPSA) is 79.7 Å². The van der Waals surface area contributed by atoms with Crippen LogP contribution in [-0.4, -0.2) is 77.3 Å². The van der Waals surface area contributed by atoms with Crippen molar-refractivity contribution in [2.45, 2.75) is 31.6 Å². The number of fused-ring (bicyclic) bond motifs is 1. The van der Waals surface area contributed by atoms with Gasteiger partial charge in [0, 0.05) is 32.8 Å². The maximum Gasteiger partial charge on any atom is 0.274 e. The first kappa shape index (κ1) is 20.3. The molecule has 10 heteroatoms. The summed E-state index contributed by atoms with van der Waals surface area (Å²) in [5, 5.41) is 7.54. The lowest BCUT2D eigenvalue weighted by Gasteiger charge is -2.23. The summed E-state index contributed by atoms with van der Waals surface area (Å²) in [5.74, 6) is -0.287. The highest BCUT2D eigenvalue weighted by Crippen LogP contribution is 2.24. The zero-order valence-electron chi connectivity index (χ0n) is 16.4. The van der Waals surface area contributed by atoms with Gasteiger partial charge >= 0.3 is 0 Å². The van der Waals surface area contributed by atoms with E-state index in [4.69, 9.17) is 16.3 Å². The normalized spacial score (nSPS) is 22.0. The number of ether oxygens (including phenoxy) is 1. The number of carbonyl (C=O) groups excluding carboxylic acids is 2. The minimum Gasteiger partial charge on any atom is -0.383 e. The number of hydrogen-bond acceptors (Lipinski definition) is 6. The molecule has 2 aromatic heterocycles. The standard InChI is InChI=1S/C19H24ClN5O3S/c1-23-5-6-25-13(10-23)8-15(22-25)19(27)24-9-12(7-14(24)11-28-2)21-18(26)16-3-4-17(20)29-16/h3-4,8,12,14H,5-7,9-11H2,1-2H3,(H,21,26). The van der Waals surface area contributed by atoms with E-state index in [1.165, 1.54) is 11.3 Å². The van der Waals surface area contributed by atoms with Crippen molar-refractivity contribution in [3.63, 3.8) is 0 Å². The van der Waals surface area contributed by atoms with Crippen molar-refractivity contribution in [3.05, 3.63) is 38.8 Å². The van der Waals surface area contributed by atoms with Crippen LogP contribution in [0.4, 0.5) is 0 Å². The van der Waals surface area contributed by atoms with Gasteiger partial charge in [0.15, 0.2) is 5.69 Å². The molecule has 2 amide bonds. The number of hydrogen-bond donors (Lipinski definition) is 1. The molecule has 2 aliphatic rings. The van der Waals surface area contributed by atoms with E-state index in [9.17, 15) is 9.59 Å². The fourth-order valence-corrected chi connectivity index (χ4v) is 4.91. The monoisotopic (exact) mass is 437 g/mol. The van der Waals surface area contributed by atoms with Gasteiger partial charge in [-0.25, -0.2) is 0 Å². The molecule has 2 unspecified atom stereocenters. The van der Waals surface area contributed by atoms with Gasteiger partial charge in [-0.3, -0.25) is 19.2 Å². The molecule has 0 radical (unpaired) electrons. The first-order chi connectivity index (χ1) is 13.9. The van der Waals surface area contributed by atoms with Gasteiger partial charge in [0.1, 0.15) is 0 Å². The number of aromatic nitrogens is 2. The molecule has 29 heavy (non-hydrogen) atoms. The molecule has 8 nitrogen and oxygen atoms in total. The van der Waals surface area contributed by atoms with Crippen LogP contribution in [0.5, 0.6) is 0 Å². The van der Waals surface area contributed by atoms with Gasteiger partial charge in [0.2, 0.25) is 0 Å². The first-order valence-corrected chi connectivity index (χ1v) is 10.8. The minimum absolute atomic E-state index is 0.105. The Kier molecular flexibility index (Phi) is 5.91. The molecule has 2 atom stereocenters. The molecule has 4 rings (SSSR count). The summed E-state index contributed by atoms with van der Waals surface area (Å²) in [6, 6.07) is 5.04. The van der Waals surface area contributed by atoms with Crippen LogP contribution in [0.25, 0.3) is 0 Å².